The van der Waals surface area contributed by atoms with E-state index in [4.69, 9.17) is 16.0 Å². The third kappa shape index (κ3) is 3.50. The van der Waals surface area contributed by atoms with Gasteiger partial charge >= 0.3 is 0 Å². The molecule has 0 saturated heterocycles. The molecule has 2 aromatic rings. The van der Waals surface area contributed by atoms with Gasteiger partial charge in [-0.05, 0) is 19.1 Å². The van der Waals surface area contributed by atoms with Crippen molar-refractivity contribution in [1.29, 1.82) is 0 Å². The van der Waals surface area contributed by atoms with Crippen molar-refractivity contribution in [3.63, 3.8) is 0 Å². The van der Waals surface area contributed by atoms with E-state index >= 15 is 0 Å². The van der Waals surface area contributed by atoms with Gasteiger partial charge in [0.05, 0.1) is 17.5 Å². The van der Waals surface area contributed by atoms with E-state index in [2.05, 4.69) is 15.0 Å². The number of pyridine rings is 1. The van der Waals surface area contributed by atoms with Crippen LogP contribution in [0.5, 0.6) is 0 Å². The monoisotopic (exact) mass is 315 g/mol. The zero-order chi connectivity index (χ0) is 14.6. The summed E-state index contributed by atoms with van der Waals surface area (Å²) in [6.07, 6.45) is 4.22. The maximum Gasteiger partial charge on any atom is 0.242 e. The van der Waals surface area contributed by atoms with Gasteiger partial charge in [0.25, 0.3) is 0 Å². The fourth-order valence-corrected chi connectivity index (χ4v) is 2.81. The molecule has 2 rings (SSSR count). The fraction of sp³-hybridized carbons (Fsp3) is 0.250. The van der Waals surface area contributed by atoms with E-state index in [-0.39, 0.29) is 16.5 Å². The van der Waals surface area contributed by atoms with Crippen LogP contribution in [0.15, 0.2) is 40.2 Å². The average molecular weight is 316 g/mol. The number of nitrogens with one attached hydrogen (secondary N) is 2. The molecule has 20 heavy (non-hydrogen) atoms. The van der Waals surface area contributed by atoms with Gasteiger partial charge in [-0.2, -0.15) is 0 Å². The molecule has 0 radical (unpaired) electrons. The molecule has 0 spiro atoms. The molecule has 0 aliphatic carbocycles. The number of hydrogen-bond acceptors (Lipinski definition) is 5. The number of sulfonamides is 1. The Hall–Kier alpha value is -1.57. The molecule has 6 nitrogen and oxygen atoms in total. The Morgan fingerprint density at radius 3 is 2.85 bits per heavy atom. The Morgan fingerprint density at radius 2 is 2.25 bits per heavy atom. The Kier molecular flexibility index (Phi) is 4.64. The SMILES string of the molecule is CCNc1ncc(S(=O)(=O)NCc2ccoc2)cc1Cl. The minimum Gasteiger partial charge on any atom is -0.472 e. The van der Waals surface area contributed by atoms with E-state index in [1.165, 1.54) is 24.8 Å². The predicted octanol–water partition coefficient (Wildman–Crippen LogP) is 2.24. The Bertz CT molecular complexity index is 671. The normalized spacial score (nSPS) is 11.5. The summed E-state index contributed by atoms with van der Waals surface area (Å²) >= 11 is 5.98. The van der Waals surface area contributed by atoms with Gasteiger partial charge in [-0.15, -0.1) is 0 Å². The molecule has 0 aromatic carbocycles. The van der Waals surface area contributed by atoms with Crippen LogP contribution in [0.2, 0.25) is 5.02 Å². The van der Waals surface area contributed by atoms with Gasteiger partial charge in [-0.3, -0.25) is 0 Å². The van der Waals surface area contributed by atoms with Crippen molar-refractivity contribution in [2.45, 2.75) is 18.4 Å². The maximum atomic E-state index is 12.1. The minimum atomic E-state index is -3.66. The van der Waals surface area contributed by atoms with Gasteiger partial charge in [0, 0.05) is 24.8 Å². The summed E-state index contributed by atoms with van der Waals surface area (Å²) in [6.45, 7) is 2.69. The number of anilines is 1. The number of rotatable bonds is 6. The van der Waals surface area contributed by atoms with E-state index in [1.54, 1.807) is 6.07 Å². The fourth-order valence-electron chi connectivity index (χ4n) is 1.52. The quantitative estimate of drug-likeness (QED) is 0.854. The van der Waals surface area contributed by atoms with E-state index in [1.807, 2.05) is 6.92 Å². The predicted molar refractivity (Wildman–Crippen MR) is 76.1 cm³/mol. The number of hydrogen-bond donors (Lipinski definition) is 2. The van der Waals surface area contributed by atoms with Crippen LogP contribution in [-0.4, -0.2) is 19.9 Å². The van der Waals surface area contributed by atoms with Crippen molar-refractivity contribution in [1.82, 2.24) is 9.71 Å². The molecule has 2 aromatic heterocycles. The number of halogens is 1. The summed E-state index contributed by atoms with van der Waals surface area (Å²) in [7, 11) is -3.66. The molecule has 0 unspecified atom stereocenters. The van der Waals surface area contributed by atoms with E-state index in [9.17, 15) is 8.42 Å². The summed E-state index contributed by atoms with van der Waals surface area (Å²) in [5, 5.41) is 3.20. The molecule has 0 aliphatic heterocycles. The molecule has 0 amide bonds. The lowest BCUT2D eigenvalue weighted by Crippen LogP contribution is -2.23. The highest BCUT2D eigenvalue weighted by Gasteiger charge is 2.16. The molecule has 0 aliphatic rings. The Balaban J connectivity index is 2.14. The standard InChI is InChI=1S/C12H14ClN3O3S/c1-2-14-12-11(13)5-10(7-15-12)20(17,18)16-6-9-3-4-19-8-9/h3-5,7-8,16H,2,6H2,1H3,(H,14,15). The van der Waals surface area contributed by atoms with Crippen molar-refractivity contribution in [2.24, 2.45) is 0 Å². The van der Waals surface area contributed by atoms with Crippen LogP contribution in [0.25, 0.3) is 0 Å². The van der Waals surface area contributed by atoms with Crippen LogP contribution in [0, 0.1) is 0 Å². The molecular formula is C12H14ClN3O3S. The van der Waals surface area contributed by atoms with Crippen LogP contribution in [-0.2, 0) is 16.6 Å². The van der Waals surface area contributed by atoms with Gasteiger partial charge in [0.15, 0.2) is 0 Å². The van der Waals surface area contributed by atoms with Gasteiger partial charge < -0.3 is 9.73 Å². The number of furan rings is 1. The summed E-state index contributed by atoms with van der Waals surface area (Å²) < 4.78 is 31.5. The first kappa shape index (κ1) is 14.8. The molecular weight excluding hydrogens is 302 g/mol. The molecule has 0 atom stereocenters. The number of aromatic nitrogens is 1. The third-order valence-corrected chi connectivity index (χ3v) is 4.17. The lowest BCUT2D eigenvalue weighted by Gasteiger charge is -2.08. The van der Waals surface area contributed by atoms with Gasteiger partial charge in [0.2, 0.25) is 10.0 Å². The van der Waals surface area contributed by atoms with Crippen molar-refractivity contribution >= 4 is 27.4 Å². The molecule has 0 bridgehead atoms. The number of nitrogens with zero attached hydrogens (tertiary/aromatic N) is 1. The molecule has 0 saturated carbocycles. The second-order valence-corrected chi connectivity index (χ2v) is 6.16. The highest BCUT2D eigenvalue weighted by Crippen LogP contribution is 2.22. The van der Waals surface area contributed by atoms with Crippen molar-refractivity contribution in [3.8, 4) is 0 Å². The molecule has 108 valence electrons. The van der Waals surface area contributed by atoms with Gasteiger partial charge in [-0.25, -0.2) is 18.1 Å². The molecule has 8 heteroatoms. The summed E-state index contributed by atoms with van der Waals surface area (Å²) in [6, 6.07) is 3.05. The second kappa shape index (κ2) is 6.25. The molecule has 2 N–H and O–H groups in total. The summed E-state index contributed by atoms with van der Waals surface area (Å²) in [4.78, 5) is 4.02. The zero-order valence-electron chi connectivity index (χ0n) is 10.8. The van der Waals surface area contributed by atoms with Crippen LogP contribution in [0.3, 0.4) is 0 Å². The Morgan fingerprint density at radius 1 is 1.45 bits per heavy atom. The first-order chi connectivity index (χ1) is 9.53. The summed E-state index contributed by atoms with van der Waals surface area (Å²) in [5.41, 5.74) is 0.733. The van der Waals surface area contributed by atoms with Crippen LogP contribution in [0.1, 0.15) is 12.5 Å². The molecule has 2 heterocycles. The first-order valence-electron chi connectivity index (χ1n) is 5.93. The highest BCUT2D eigenvalue weighted by atomic mass is 35.5. The smallest absolute Gasteiger partial charge is 0.242 e. The van der Waals surface area contributed by atoms with Crippen molar-refractivity contribution in [2.75, 3.05) is 11.9 Å². The topological polar surface area (TPSA) is 84.2 Å². The molecule has 0 fully saturated rings. The van der Waals surface area contributed by atoms with Crippen molar-refractivity contribution in [3.05, 3.63) is 41.4 Å². The second-order valence-electron chi connectivity index (χ2n) is 3.99. The van der Waals surface area contributed by atoms with Gasteiger partial charge in [0.1, 0.15) is 10.7 Å². The lowest BCUT2D eigenvalue weighted by atomic mass is 10.4. The minimum absolute atomic E-state index is 0.0210. The van der Waals surface area contributed by atoms with E-state index in [0.29, 0.717) is 12.4 Å². The van der Waals surface area contributed by atoms with Crippen LogP contribution >= 0.6 is 11.6 Å². The van der Waals surface area contributed by atoms with Crippen LogP contribution in [0.4, 0.5) is 5.82 Å². The van der Waals surface area contributed by atoms with E-state index in [0.717, 1.165) is 5.56 Å². The summed E-state index contributed by atoms with van der Waals surface area (Å²) in [5.74, 6) is 0.461. The van der Waals surface area contributed by atoms with Crippen LogP contribution < -0.4 is 10.0 Å². The zero-order valence-corrected chi connectivity index (χ0v) is 12.3. The Labute approximate surface area is 122 Å². The third-order valence-electron chi connectivity index (χ3n) is 2.52. The highest BCUT2D eigenvalue weighted by molar-refractivity contribution is 7.89. The first-order valence-corrected chi connectivity index (χ1v) is 7.79. The maximum absolute atomic E-state index is 12.1. The largest absolute Gasteiger partial charge is 0.472 e. The van der Waals surface area contributed by atoms with Gasteiger partial charge in [-0.1, -0.05) is 11.6 Å². The van der Waals surface area contributed by atoms with Crippen molar-refractivity contribution < 1.29 is 12.8 Å². The lowest BCUT2D eigenvalue weighted by molar-refractivity contribution is 0.561. The van der Waals surface area contributed by atoms with E-state index < -0.39 is 10.0 Å². The average Bonchev–Trinajstić information content (AvgIpc) is 2.92.